The normalized spacial score (nSPS) is 34.1. The molecule has 0 radical (unpaired) electrons. The van der Waals surface area contributed by atoms with E-state index in [4.69, 9.17) is 15.2 Å². The van der Waals surface area contributed by atoms with Crippen LogP contribution in [0.3, 0.4) is 0 Å². The Hall–Kier alpha value is -0.160. The number of rotatable bonds is 2. The van der Waals surface area contributed by atoms with E-state index in [0.717, 1.165) is 38.5 Å². The molecule has 1 saturated heterocycles. The van der Waals surface area contributed by atoms with Crippen molar-refractivity contribution in [1.82, 2.24) is 0 Å². The lowest BCUT2D eigenvalue weighted by atomic mass is 9.71. The quantitative estimate of drug-likeness (QED) is 0.731. The van der Waals surface area contributed by atoms with Gasteiger partial charge >= 0.3 is 0 Å². The van der Waals surface area contributed by atoms with Gasteiger partial charge in [-0.1, -0.05) is 0 Å². The third kappa shape index (κ3) is 1.44. The van der Waals surface area contributed by atoms with Crippen LogP contribution >= 0.6 is 0 Å². The van der Waals surface area contributed by atoms with Gasteiger partial charge in [0, 0.05) is 24.8 Å². The largest absolute Gasteiger partial charge is 0.389 e. The van der Waals surface area contributed by atoms with Gasteiger partial charge in [0.2, 0.25) is 0 Å². The number of nitrogens with two attached hydrogens (primary N) is 1. The van der Waals surface area contributed by atoms with Crippen LogP contribution in [0.25, 0.3) is 0 Å². The molecule has 0 aromatic heterocycles. The minimum absolute atomic E-state index is 0.00716. The highest BCUT2D eigenvalue weighted by molar-refractivity contribution is 5.11. The predicted octanol–water partition coefficient (Wildman–Crippen LogP) is 0.773. The molecule has 0 bridgehead atoms. The van der Waals surface area contributed by atoms with E-state index in [2.05, 4.69) is 0 Å². The summed E-state index contributed by atoms with van der Waals surface area (Å²) in [7, 11) is 0. The van der Waals surface area contributed by atoms with Crippen molar-refractivity contribution < 1.29 is 14.6 Å². The molecule has 4 heteroatoms. The molecule has 4 nitrogen and oxygen atoms in total. The second-order valence-corrected chi connectivity index (χ2v) is 5.62. The zero-order chi connectivity index (χ0) is 11.3. The number of hydrogen-bond acceptors (Lipinski definition) is 4. The van der Waals surface area contributed by atoms with Gasteiger partial charge in [0.15, 0.2) is 5.79 Å². The lowest BCUT2D eigenvalue weighted by Crippen LogP contribution is -2.51. The third-order valence-electron chi connectivity index (χ3n) is 4.88. The van der Waals surface area contributed by atoms with Crippen LogP contribution in [0.5, 0.6) is 0 Å². The van der Waals surface area contributed by atoms with Crippen molar-refractivity contribution in [3.05, 3.63) is 0 Å². The molecule has 0 aromatic carbocycles. The Morgan fingerprint density at radius 3 is 1.94 bits per heavy atom. The molecular formula is C12H21NO3. The van der Waals surface area contributed by atoms with E-state index in [0.29, 0.717) is 19.8 Å². The fourth-order valence-corrected chi connectivity index (χ4v) is 3.37. The van der Waals surface area contributed by atoms with Crippen LogP contribution in [0.1, 0.15) is 38.5 Å². The van der Waals surface area contributed by atoms with Crippen LogP contribution in [0.4, 0.5) is 0 Å². The van der Waals surface area contributed by atoms with E-state index in [1.165, 1.54) is 0 Å². The monoisotopic (exact) mass is 227 g/mol. The van der Waals surface area contributed by atoms with Crippen molar-refractivity contribution in [2.75, 3.05) is 19.8 Å². The van der Waals surface area contributed by atoms with E-state index in [1.807, 2.05) is 0 Å². The first-order valence-corrected chi connectivity index (χ1v) is 6.34. The van der Waals surface area contributed by atoms with Gasteiger partial charge in [-0.05, 0) is 25.7 Å². The molecule has 16 heavy (non-hydrogen) atoms. The van der Waals surface area contributed by atoms with Gasteiger partial charge in [0.1, 0.15) is 0 Å². The van der Waals surface area contributed by atoms with Crippen LogP contribution < -0.4 is 5.73 Å². The minimum Gasteiger partial charge on any atom is -0.389 e. The molecule has 1 spiro atoms. The van der Waals surface area contributed by atoms with Crippen LogP contribution in [0.2, 0.25) is 0 Å². The van der Waals surface area contributed by atoms with Crippen LogP contribution in [0, 0.1) is 5.41 Å². The zero-order valence-corrected chi connectivity index (χ0v) is 9.71. The fourth-order valence-electron chi connectivity index (χ4n) is 3.37. The first-order valence-electron chi connectivity index (χ1n) is 6.34. The number of aliphatic hydroxyl groups is 1. The van der Waals surface area contributed by atoms with E-state index in [9.17, 15) is 5.11 Å². The van der Waals surface area contributed by atoms with Crippen LogP contribution in [-0.2, 0) is 9.47 Å². The molecule has 1 aliphatic heterocycles. The highest BCUT2D eigenvalue weighted by Crippen LogP contribution is 2.59. The second kappa shape index (κ2) is 3.42. The summed E-state index contributed by atoms with van der Waals surface area (Å²) >= 11 is 0. The van der Waals surface area contributed by atoms with Crippen molar-refractivity contribution in [3.8, 4) is 0 Å². The van der Waals surface area contributed by atoms with E-state index in [1.54, 1.807) is 0 Å². The van der Waals surface area contributed by atoms with Gasteiger partial charge in [-0.2, -0.15) is 0 Å². The molecular weight excluding hydrogens is 206 g/mol. The predicted molar refractivity (Wildman–Crippen MR) is 58.8 cm³/mol. The van der Waals surface area contributed by atoms with Crippen molar-refractivity contribution in [1.29, 1.82) is 0 Å². The molecule has 3 N–H and O–H groups in total. The number of hydrogen-bond donors (Lipinski definition) is 2. The van der Waals surface area contributed by atoms with Gasteiger partial charge in [-0.3, -0.25) is 0 Å². The summed E-state index contributed by atoms with van der Waals surface area (Å²) in [5.74, 6) is -0.378. The van der Waals surface area contributed by atoms with Crippen LogP contribution in [0.15, 0.2) is 0 Å². The Morgan fingerprint density at radius 1 is 0.938 bits per heavy atom. The third-order valence-corrected chi connectivity index (χ3v) is 4.88. The molecule has 2 saturated carbocycles. The maximum atomic E-state index is 10.7. The van der Waals surface area contributed by atoms with Crippen molar-refractivity contribution >= 4 is 0 Å². The summed E-state index contributed by atoms with van der Waals surface area (Å²) in [6.07, 6.45) is 5.31. The maximum absolute atomic E-state index is 10.7. The Bertz CT molecular complexity index is 272. The summed E-state index contributed by atoms with van der Waals surface area (Å²) in [4.78, 5) is 0. The van der Waals surface area contributed by atoms with Gasteiger partial charge in [-0.15, -0.1) is 0 Å². The van der Waals surface area contributed by atoms with Gasteiger partial charge < -0.3 is 20.3 Å². The van der Waals surface area contributed by atoms with Gasteiger partial charge in [0.25, 0.3) is 0 Å². The molecule has 0 atom stereocenters. The molecule has 0 amide bonds. The second-order valence-electron chi connectivity index (χ2n) is 5.62. The summed E-state index contributed by atoms with van der Waals surface area (Å²) in [5, 5.41) is 10.7. The maximum Gasteiger partial charge on any atom is 0.168 e. The Kier molecular flexibility index (Phi) is 2.34. The van der Waals surface area contributed by atoms with E-state index < -0.39 is 5.60 Å². The van der Waals surface area contributed by atoms with Crippen molar-refractivity contribution in [3.63, 3.8) is 0 Å². The zero-order valence-electron chi connectivity index (χ0n) is 9.71. The molecule has 3 aliphatic rings. The summed E-state index contributed by atoms with van der Waals surface area (Å²) in [6.45, 7) is 2.00. The molecule has 0 unspecified atom stereocenters. The lowest BCUT2D eigenvalue weighted by molar-refractivity contribution is -0.212. The van der Waals surface area contributed by atoms with Crippen molar-refractivity contribution in [2.24, 2.45) is 11.1 Å². The van der Waals surface area contributed by atoms with E-state index in [-0.39, 0.29) is 11.2 Å². The first-order chi connectivity index (χ1) is 7.64. The minimum atomic E-state index is -0.567. The summed E-state index contributed by atoms with van der Waals surface area (Å²) < 4.78 is 11.4. The van der Waals surface area contributed by atoms with Gasteiger partial charge in [-0.25, -0.2) is 0 Å². The molecule has 3 fully saturated rings. The Balaban J connectivity index is 1.69. The summed E-state index contributed by atoms with van der Waals surface area (Å²) in [6, 6.07) is 0. The van der Waals surface area contributed by atoms with Gasteiger partial charge in [0.05, 0.1) is 18.8 Å². The molecule has 3 rings (SSSR count). The van der Waals surface area contributed by atoms with Crippen molar-refractivity contribution in [2.45, 2.75) is 49.9 Å². The standard InChI is InChI=1S/C12H21NO3/c13-9-10(1-2-10)11(14)3-5-12(6-4-11)15-7-8-16-12/h14H,1-9,13H2. The highest BCUT2D eigenvalue weighted by Gasteiger charge is 2.60. The smallest absolute Gasteiger partial charge is 0.168 e. The first kappa shape index (κ1) is 11.0. The molecule has 1 heterocycles. The molecule has 2 aliphatic carbocycles. The fraction of sp³-hybridized carbons (Fsp3) is 1.00. The topological polar surface area (TPSA) is 64.7 Å². The Morgan fingerprint density at radius 2 is 1.50 bits per heavy atom. The van der Waals surface area contributed by atoms with Crippen LogP contribution in [-0.4, -0.2) is 36.3 Å². The average Bonchev–Trinajstić information content (AvgIpc) is 3.00. The van der Waals surface area contributed by atoms with E-state index >= 15 is 0 Å². The highest BCUT2D eigenvalue weighted by atomic mass is 16.7. The lowest BCUT2D eigenvalue weighted by Gasteiger charge is -2.44. The Labute approximate surface area is 96.1 Å². The average molecular weight is 227 g/mol. The SMILES string of the molecule is NCC1(C2(O)CCC3(CC2)OCCO3)CC1. The number of ether oxygens (including phenoxy) is 2. The summed E-state index contributed by atoms with van der Waals surface area (Å²) in [5.41, 5.74) is 5.25. The molecule has 0 aromatic rings. The molecule has 92 valence electrons.